The molecule has 0 aliphatic rings. The molecule has 0 atom stereocenters. The number of hydrogen-bond acceptors (Lipinski definition) is 3. The number of thioether (sulfide) groups is 1. The average Bonchev–Trinajstić information content (AvgIpc) is 2.46. The lowest BCUT2D eigenvalue weighted by Gasteiger charge is -2.06. The molecule has 92 valence electrons. The number of benzene rings is 2. The summed E-state index contributed by atoms with van der Waals surface area (Å²) in [7, 11) is 0. The van der Waals surface area contributed by atoms with Crippen LogP contribution >= 0.6 is 23.4 Å². The molecular formula is C15H9ClN2S. The van der Waals surface area contributed by atoms with Crippen molar-refractivity contribution >= 4 is 23.4 Å². The van der Waals surface area contributed by atoms with Crippen LogP contribution in [0.1, 0.15) is 16.7 Å². The lowest BCUT2D eigenvalue weighted by Crippen LogP contribution is -1.88. The second-order valence-corrected chi connectivity index (χ2v) is 5.24. The minimum Gasteiger partial charge on any atom is -0.192 e. The van der Waals surface area contributed by atoms with E-state index in [0.717, 1.165) is 10.5 Å². The van der Waals surface area contributed by atoms with Crippen LogP contribution in [0.4, 0.5) is 0 Å². The minimum absolute atomic E-state index is 0.540. The Morgan fingerprint density at radius 3 is 2.05 bits per heavy atom. The Labute approximate surface area is 121 Å². The highest BCUT2D eigenvalue weighted by atomic mass is 35.5. The van der Waals surface area contributed by atoms with Crippen molar-refractivity contribution < 1.29 is 0 Å². The van der Waals surface area contributed by atoms with E-state index in [0.29, 0.717) is 21.9 Å². The van der Waals surface area contributed by atoms with E-state index < -0.39 is 0 Å². The molecule has 0 saturated heterocycles. The minimum atomic E-state index is 0.540. The highest BCUT2D eigenvalue weighted by molar-refractivity contribution is 7.98. The molecule has 0 bridgehead atoms. The molecule has 0 fully saturated rings. The third-order valence-electron chi connectivity index (χ3n) is 2.55. The van der Waals surface area contributed by atoms with Crippen LogP contribution in [-0.2, 0) is 5.75 Å². The van der Waals surface area contributed by atoms with Gasteiger partial charge in [0.25, 0.3) is 0 Å². The fourth-order valence-corrected chi connectivity index (χ4v) is 2.77. The molecule has 0 aromatic heterocycles. The summed E-state index contributed by atoms with van der Waals surface area (Å²) >= 11 is 7.32. The SMILES string of the molecule is N#Cc1cccc(C#N)c1SCc1ccc(Cl)cc1. The van der Waals surface area contributed by atoms with Crippen LogP contribution in [0.15, 0.2) is 47.4 Å². The van der Waals surface area contributed by atoms with E-state index in [1.165, 1.54) is 11.8 Å². The van der Waals surface area contributed by atoms with E-state index in [1.807, 2.05) is 24.3 Å². The molecule has 0 aliphatic heterocycles. The van der Waals surface area contributed by atoms with E-state index >= 15 is 0 Å². The topological polar surface area (TPSA) is 47.6 Å². The Morgan fingerprint density at radius 2 is 1.53 bits per heavy atom. The fraction of sp³-hybridized carbons (Fsp3) is 0.0667. The zero-order valence-electron chi connectivity index (χ0n) is 9.93. The summed E-state index contributed by atoms with van der Waals surface area (Å²) < 4.78 is 0. The summed E-state index contributed by atoms with van der Waals surface area (Å²) in [6, 6.07) is 17.0. The van der Waals surface area contributed by atoms with Crippen LogP contribution in [0, 0.1) is 22.7 Å². The van der Waals surface area contributed by atoms with Gasteiger partial charge in [-0.2, -0.15) is 10.5 Å². The second-order valence-electron chi connectivity index (χ2n) is 3.82. The van der Waals surface area contributed by atoms with Crippen LogP contribution in [0.5, 0.6) is 0 Å². The molecule has 0 aliphatic carbocycles. The molecular weight excluding hydrogens is 276 g/mol. The first-order valence-electron chi connectivity index (χ1n) is 5.55. The van der Waals surface area contributed by atoms with Crippen LogP contribution < -0.4 is 0 Å². The first-order chi connectivity index (χ1) is 9.24. The summed E-state index contributed by atoms with van der Waals surface area (Å²) in [5.74, 6) is 0.699. The van der Waals surface area contributed by atoms with Gasteiger partial charge in [-0.25, -0.2) is 0 Å². The van der Waals surface area contributed by atoms with Gasteiger partial charge in [0.15, 0.2) is 0 Å². The maximum Gasteiger partial charge on any atom is 0.100 e. The molecule has 2 nitrogen and oxygen atoms in total. The van der Waals surface area contributed by atoms with Gasteiger partial charge in [0.05, 0.1) is 11.1 Å². The van der Waals surface area contributed by atoms with Crippen molar-refractivity contribution in [2.24, 2.45) is 0 Å². The number of rotatable bonds is 3. The highest BCUT2D eigenvalue weighted by Crippen LogP contribution is 2.29. The molecule has 0 N–H and O–H groups in total. The molecule has 4 heteroatoms. The van der Waals surface area contributed by atoms with E-state index in [9.17, 15) is 0 Å². The lowest BCUT2D eigenvalue weighted by atomic mass is 10.1. The van der Waals surface area contributed by atoms with Gasteiger partial charge in [0.2, 0.25) is 0 Å². The van der Waals surface area contributed by atoms with Crippen molar-refractivity contribution in [1.29, 1.82) is 10.5 Å². The van der Waals surface area contributed by atoms with E-state index in [4.69, 9.17) is 22.1 Å². The predicted octanol–water partition coefficient (Wildman–Crippen LogP) is 4.38. The van der Waals surface area contributed by atoms with Gasteiger partial charge in [-0.3, -0.25) is 0 Å². The van der Waals surface area contributed by atoms with Crippen molar-refractivity contribution in [3.63, 3.8) is 0 Å². The fourth-order valence-electron chi connectivity index (χ4n) is 1.60. The van der Waals surface area contributed by atoms with Crippen LogP contribution in [0.2, 0.25) is 5.02 Å². The zero-order chi connectivity index (χ0) is 13.7. The maximum absolute atomic E-state index is 9.08. The number of nitrogens with zero attached hydrogens (tertiary/aromatic N) is 2. The van der Waals surface area contributed by atoms with Gasteiger partial charge in [-0.1, -0.05) is 29.8 Å². The molecule has 0 spiro atoms. The van der Waals surface area contributed by atoms with Crippen LogP contribution in [0.25, 0.3) is 0 Å². The summed E-state index contributed by atoms with van der Waals surface area (Å²) in [4.78, 5) is 0.738. The molecule has 0 radical (unpaired) electrons. The van der Waals surface area contributed by atoms with E-state index in [1.54, 1.807) is 18.2 Å². The van der Waals surface area contributed by atoms with Crippen LogP contribution in [0.3, 0.4) is 0 Å². The van der Waals surface area contributed by atoms with Gasteiger partial charge in [-0.05, 0) is 29.8 Å². The quantitative estimate of drug-likeness (QED) is 0.786. The Bertz CT molecular complexity index is 634. The predicted molar refractivity (Wildman–Crippen MR) is 76.9 cm³/mol. The number of nitriles is 2. The van der Waals surface area contributed by atoms with Gasteiger partial charge in [0.1, 0.15) is 12.1 Å². The first-order valence-corrected chi connectivity index (χ1v) is 6.91. The standard InChI is InChI=1S/C15H9ClN2S/c16-14-6-4-11(5-7-14)10-19-15-12(8-17)2-1-3-13(15)9-18/h1-7H,10H2. The molecule has 2 rings (SSSR count). The molecule has 2 aromatic rings. The largest absolute Gasteiger partial charge is 0.192 e. The first kappa shape index (κ1) is 13.5. The Hall–Kier alpha value is -1.94. The summed E-state index contributed by atoms with van der Waals surface area (Å²) in [6.07, 6.45) is 0. The number of halogens is 1. The van der Waals surface area contributed by atoms with Crippen molar-refractivity contribution in [3.05, 3.63) is 64.2 Å². The van der Waals surface area contributed by atoms with Gasteiger partial charge in [-0.15, -0.1) is 11.8 Å². The summed E-state index contributed by atoms with van der Waals surface area (Å²) in [5.41, 5.74) is 2.18. The summed E-state index contributed by atoms with van der Waals surface area (Å²) in [5, 5.41) is 18.9. The molecule has 0 unspecified atom stereocenters. The summed E-state index contributed by atoms with van der Waals surface area (Å²) in [6.45, 7) is 0. The van der Waals surface area contributed by atoms with E-state index in [-0.39, 0.29) is 0 Å². The third-order valence-corrected chi connectivity index (χ3v) is 4.01. The third kappa shape index (κ3) is 3.29. The second kappa shape index (κ2) is 6.29. The monoisotopic (exact) mass is 284 g/mol. The molecule has 19 heavy (non-hydrogen) atoms. The van der Waals surface area contributed by atoms with Crippen molar-refractivity contribution in [2.45, 2.75) is 10.6 Å². The van der Waals surface area contributed by atoms with Gasteiger partial charge in [0, 0.05) is 15.7 Å². The molecule has 0 heterocycles. The van der Waals surface area contributed by atoms with Crippen molar-refractivity contribution in [3.8, 4) is 12.1 Å². The molecule has 0 saturated carbocycles. The van der Waals surface area contributed by atoms with E-state index in [2.05, 4.69) is 12.1 Å². The Morgan fingerprint density at radius 1 is 0.947 bits per heavy atom. The zero-order valence-corrected chi connectivity index (χ0v) is 11.5. The molecule has 2 aromatic carbocycles. The Balaban J connectivity index is 2.22. The van der Waals surface area contributed by atoms with Gasteiger partial charge >= 0.3 is 0 Å². The van der Waals surface area contributed by atoms with Crippen molar-refractivity contribution in [2.75, 3.05) is 0 Å². The molecule has 0 amide bonds. The average molecular weight is 285 g/mol. The lowest BCUT2D eigenvalue weighted by molar-refractivity contribution is 1.30. The van der Waals surface area contributed by atoms with Crippen LogP contribution in [-0.4, -0.2) is 0 Å². The van der Waals surface area contributed by atoms with Crippen molar-refractivity contribution in [1.82, 2.24) is 0 Å². The maximum atomic E-state index is 9.08. The smallest absolute Gasteiger partial charge is 0.100 e. The Kier molecular flexibility index (Phi) is 4.47. The normalized spacial score (nSPS) is 9.63. The highest BCUT2D eigenvalue weighted by Gasteiger charge is 2.08. The van der Waals surface area contributed by atoms with Gasteiger partial charge < -0.3 is 0 Å². The number of hydrogen-bond donors (Lipinski definition) is 0.